The third kappa shape index (κ3) is 3.95. The largest absolute Gasteiger partial charge is 0.394 e. The summed E-state index contributed by atoms with van der Waals surface area (Å²) in [5, 5.41) is 9.20. The molecule has 1 unspecified atom stereocenters. The first-order chi connectivity index (χ1) is 9.12. The van der Waals surface area contributed by atoms with Crippen molar-refractivity contribution in [1.82, 2.24) is 0 Å². The maximum absolute atomic E-state index is 9.20. The van der Waals surface area contributed by atoms with Gasteiger partial charge in [-0.3, -0.25) is 0 Å². The molecule has 1 aliphatic rings. The molecule has 1 aliphatic heterocycles. The van der Waals surface area contributed by atoms with Crippen LogP contribution in [0.25, 0.3) is 0 Å². The molecular formula is C16H26N2O. The van der Waals surface area contributed by atoms with Crippen LogP contribution in [0.4, 0.5) is 5.69 Å². The number of aliphatic hydroxyl groups is 1. The number of rotatable bonds is 5. The van der Waals surface area contributed by atoms with Crippen molar-refractivity contribution in [1.29, 1.82) is 0 Å². The number of hydrogen-bond donors (Lipinski definition) is 2. The quantitative estimate of drug-likeness (QED) is 0.856. The molecule has 1 heterocycles. The van der Waals surface area contributed by atoms with Crippen LogP contribution in [-0.4, -0.2) is 30.3 Å². The molecule has 0 amide bonds. The minimum atomic E-state index is -0.439. The molecule has 0 radical (unpaired) electrons. The molecule has 0 fully saturated rings. The van der Waals surface area contributed by atoms with Gasteiger partial charge in [-0.2, -0.15) is 0 Å². The fourth-order valence-electron chi connectivity index (χ4n) is 2.75. The highest BCUT2D eigenvalue weighted by atomic mass is 16.3. The van der Waals surface area contributed by atoms with Gasteiger partial charge in [0.05, 0.1) is 6.61 Å². The molecule has 2 rings (SSSR count). The van der Waals surface area contributed by atoms with Crippen molar-refractivity contribution >= 4 is 5.69 Å². The molecule has 0 saturated carbocycles. The van der Waals surface area contributed by atoms with Gasteiger partial charge in [-0.25, -0.2) is 0 Å². The Morgan fingerprint density at radius 2 is 2.11 bits per heavy atom. The molecule has 1 aromatic carbocycles. The van der Waals surface area contributed by atoms with Gasteiger partial charge in [0.25, 0.3) is 0 Å². The van der Waals surface area contributed by atoms with Crippen molar-refractivity contribution in [3.8, 4) is 0 Å². The van der Waals surface area contributed by atoms with Crippen molar-refractivity contribution in [3.63, 3.8) is 0 Å². The van der Waals surface area contributed by atoms with Gasteiger partial charge in [-0.15, -0.1) is 0 Å². The molecular weight excluding hydrogens is 236 g/mol. The zero-order valence-electron chi connectivity index (χ0n) is 11.9. The van der Waals surface area contributed by atoms with Crippen LogP contribution in [0.1, 0.15) is 38.2 Å². The third-order valence-corrected chi connectivity index (χ3v) is 3.99. The van der Waals surface area contributed by atoms with Crippen LogP contribution in [0.15, 0.2) is 24.3 Å². The van der Waals surface area contributed by atoms with E-state index in [0.717, 1.165) is 25.9 Å². The van der Waals surface area contributed by atoms with E-state index in [4.69, 9.17) is 5.73 Å². The number of benzene rings is 1. The first kappa shape index (κ1) is 14.4. The molecule has 3 heteroatoms. The van der Waals surface area contributed by atoms with Gasteiger partial charge in [-0.05, 0) is 50.7 Å². The van der Waals surface area contributed by atoms with Gasteiger partial charge in [0.15, 0.2) is 0 Å². The van der Waals surface area contributed by atoms with Crippen LogP contribution >= 0.6 is 0 Å². The minimum Gasteiger partial charge on any atom is -0.394 e. The van der Waals surface area contributed by atoms with Gasteiger partial charge in [0.1, 0.15) is 0 Å². The Hall–Kier alpha value is -1.06. The lowest BCUT2D eigenvalue weighted by atomic mass is 9.98. The maximum Gasteiger partial charge on any atom is 0.0608 e. The molecule has 3 nitrogen and oxygen atoms in total. The molecule has 0 saturated heterocycles. The average Bonchev–Trinajstić information content (AvgIpc) is 2.61. The van der Waals surface area contributed by atoms with E-state index in [-0.39, 0.29) is 6.61 Å². The summed E-state index contributed by atoms with van der Waals surface area (Å²) in [7, 11) is 0. The highest BCUT2D eigenvalue weighted by Crippen LogP contribution is 2.26. The second kappa shape index (κ2) is 6.40. The first-order valence-corrected chi connectivity index (χ1v) is 7.35. The van der Waals surface area contributed by atoms with E-state index in [1.165, 1.54) is 30.5 Å². The van der Waals surface area contributed by atoms with Crippen LogP contribution in [0.3, 0.4) is 0 Å². The summed E-state index contributed by atoms with van der Waals surface area (Å²) in [5.41, 5.74) is 8.41. The number of aliphatic hydroxyl groups excluding tert-OH is 1. The smallest absolute Gasteiger partial charge is 0.0608 e. The van der Waals surface area contributed by atoms with Gasteiger partial charge in [0.2, 0.25) is 0 Å². The fourth-order valence-corrected chi connectivity index (χ4v) is 2.75. The normalized spacial score (nSPS) is 18.6. The van der Waals surface area contributed by atoms with Crippen LogP contribution < -0.4 is 10.6 Å². The third-order valence-electron chi connectivity index (χ3n) is 3.99. The Bertz CT molecular complexity index is 403. The summed E-state index contributed by atoms with van der Waals surface area (Å²) in [6.07, 6.45) is 5.62. The molecule has 106 valence electrons. The Balaban J connectivity index is 1.97. The van der Waals surface area contributed by atoms with E-state index < -0.39 is 5.54 Å². The van der Waals surface area contributed by atoms with Gasteiger partial charge in [-0.1, -0.05) is 18.2 Å². The van der Waals surface area contributed by atoms with E-state index in [2.05, 4.69) is 29.2 Å². The fraction of sp³-hybridized carbons (Fsp3) is 0.625. The maximum atomic E-state index is 9.20. The second-order valence-electron chi connectivity index (χ2n) is 5.99. The Morgan fingerprint density at radius 1 is 1.32 bits per heavy atom. The standard InChI is InChI=1S/C16H26N2O/c1-16(17,13-19)10-6-12-18-11-5-4-8-14-7-2-3-9-15(14)18/h2-3,7,9,19H,4-6,8,10-13,17H2,1H3. The van der Waals surface area contributed by atoms with E-state index >= 15 is 0 Å². The van der Waals surface area contributed by atoms with Gasteiger partial charge >= 0.3 is 0 Å². The summed E-state index contributed by atoms with van der Waals surface area (Å²) >= 11 is 0. The predicted octanol–water partition coefficient (Wildman–Crippen LogP) is 2.32. The first-order valence-electron chi connectivity index (χ1n) is 7.35. The van der Waals surface area contributed by atoms with Gasteiger partial charge in [0, 0.05) is 24.3 Å². The molecule has 1 atom stereocenters. The van der Waals surface area contributed by atoms with Crippen LogP contribution in [0, 0.1) is 0 Å². The monoisotopic (exact) mass is 262 g/mol. The Kier molecular flexibility index (Phi) is 4.83. The molecule has 1 aromatic rings. The van der Waals surface area contributed by atoms with Crippen molar-refractivity contribution in [3.05, 3.63) is 29.8 Å². The highest BCUT2D eigenvalue weighted by Gasteiger charge is 2.18. The SMILES string of the molecule is CC(N)(CO)CCCN1CCCCc2ccccc21. The van der Waals surface area contributed by atoms with Crippen molar-refractivity contribution in [2.24, 2.45) is 5.73 Å². The van der Waals surface area contributed by atoms with Crippen molar-refractivity contribution in [2.75, 3.05) is 24.6 Å². The molecule has 3 N–H and O–H groups in total. The number of nitrogens with two attached hydrogens (primary N) is 1. The van der Waals surface area contributed by atoms with Crippen LogP contribution in [0.5, 0.6) is 0 Å². The summed E-state index contributed by atoms with van der Waals surface area (Å²) in [6, 6.07) is 8.73. The number of para-hydroxylation sites is 1. The summed E-state index contributed by atoms with van der Waals surface area (Å²) in [5.74, 6) is 0. The molecule has 0 aromatic heterocycles. The van der Waals surface area contributed by atoms with E-state index in [9.17, 15) is 5.11 Å². The number of nitrogens with zero attached hydrogens (tertiary/aromatic N) is 1. The summed E-state index contributed by atoms with van der Waals surface area (Å²) in [6.45, 7) is 4.15. The molecule has 19 heavy (non-hydrogen) atoms. The molecule has 0 aliphatic carbocycles. The van der Waals surface area contributed by atoms with Gasteiger partial charge < -0.3 is 15.7 Å². The Labute approximate surface area is 116 Å². The summed E-state index contributed by atoms with van der Waals surface area (Å²) in [4.78, 5) is 2.48. The predicted molar refractivity (Wildman–Crippen MR) is 80.5 cm³/mol. The molecule has 0 spiro atoms. The summed E-state index contributed by atoms with van der Waals surface area (Å²) < 4.78 is 0. The lowest BCUT2D eigenvalue weighted by Crippen LogP contribution is -2.41. The number of fused-ring (bicyclic) bond motifs is 1. The number of anilines is 1. The lowest BCUT2D eigenvalue weighted by Gasteiger charge is -2.27. The number of hydrogen-bond acceptors (Lipinski definition) is 3. The van der Waals surface area contributed by atoms with Crippen LogP contribution in [-0.2, 0) is 6.42 Å². The zero-order valence-corrected chi connectivity index (χ0v) is 11.9. The highest BCUT2D eigenvalue weighted by molar-refractivity contribution is 5.54. The average molecular weight is 262 g/mol. The second-order valence-corrected chi connectivity index (χ2v) is 5.99. The van der Waals surface area contributed by atoms with E-state index in [1.54, 1.807) is 0 Å². The molecule has 0 bridgehead atoms. The topological polar surface area (TPSA) is 49.5 Å². The minimum absolute atomic E-state index is 0.0591. The van der Waals surface area contributed by atoms with Crippen LogP contribution in [0.2, 0.25) is 0 Å². The lowest BCUT2D eigenvalue weighted by molar-refractivity contribution is 0.198. The zero-order chi connectivity index (χ0) is 13.7. The van der Waals surface area contributed by atoms with E-state index in [1.807, 2.05) is 6.92 Å². The van der Waals surface area contributed by atoms with Crippen molar-refractivity contribution in [2.45, 2.75) is 44.6 Å². The Morgan fingerprint density at radius 3 is 2.89 bits per heavy atom. The van der Waals surface area contributed by atoms with Crippen molar-refractivity contribution < 1.29 is 5.11 Å². The van der Waals surface area contributed by atoms with E-state index in [0.29, 0.717) is 0 Å². The number of aryl methyl sites for hydroxylation is 1.